The van der Waals surface area contributed by atoms with Gasteiger partial charge in [0, 0.05) is 6.54 Å². The van der Waals surface area contributed by atoms with Gasteiger partial charge in [-0.1, -0.05) is 33.1 Å². The van der Waals surface area contributed by atoms with Crippen molar-refractivity contribution >= 4 is 6.03 Å². The molecule has 16 heavy (non-hydrogen) atoms. The number of hydrogen-bond acceptors (Lipinski definition) is 2. The number of rotatable bonds is 8. The van der Waals surface area contributed by atoms with Gasteiger partial charge in [0.05, 0.1) is 12.6 Å². The summed E-state index contributed by atoms with van der Waals surface area (Å²) >= 11 is 0. The molecule has 0 aliphatic rings. The summed E-state index contributed by atoms with van der Waals surface area (Å²) in [7, 11) is 0. The first-order valence-electron chi connectivity index (χ1n) is 6.29. The summed E-state index contributed by atoms with van der Waals surface area (Å²) in [6.45, 7) is 6.79. The van der Waals surface area contributed by atoms with Crippen LogP contribution in [-0.4, -0.2) is 30.3 Å². The molecule has 0 fully saturated rings. The van der Waals surface area contributed by atoms with Gasteiger partial charge in [0.1, 0.15) is 0 Å². The first-order chi connectivity index (χ1) is 7.63. The van der Waals surface area contributed by atoms with Gasteiger partial charge in [0.25, 0.3) is 0 Å². The van der Waals surface area contributed by atoms with Crippen molar-refractivity contribution in [2.45, 2.75) is 52.5 Å². The van der Waals surface area contributed by atoms with Crippen LogP contribution in [0, 0.1) is 5.92 Å². The topological polar surface area (TPSA) is 61.4 Å². The Morgan fingerprint density at radius 1 is 1.38 bits per heavy atom. The van der Waals surface area contributed by atoms with E-state index in [2.05, 4.69) is 24.5 Å². The molecule has 0 rings (SSSR count). The standard InChI is InChI=1S/C12H26N2O2/c1-4-6-7-11(5-2)8-13-12(16)14-10(3)9-15/h10-11,15H,4-9H2,1-3H3,(H2,13,14,16). The van der Waals surface area contributed by atoms with E-state index >= 15 is 0 Å². The van der Waals surface area contributed by atoms with Crippen LogP contribution in [0.2, 0.25) is 0 Å². The highest BCUT2D eigenvalue weighted by Gasteiger charge is 2.09. The smallest absolute Gasteiger partial charge is 0.315 e. The maximum atomic E-state index is 11.4. The molecule has 3 N–H and O–H groups in total. The van der Waals surface area contributed by atoms with Crippen LogP contribution in [0.4, 0.5) is 4.79 Å². The van der Waals surface area contributed by atoms with Crippen molar-refractivity contribution in [1.82, 2.24) is 10.6 Å². The van der Waals surface area contributed by atoms with Crippen molar-refractivity contribution in [2.75, 3.05) is 13.2 Å². The molecule has 4 heteroatoms. The van der Waals surface area contributed by atoms with Gasteiger partial charge in [0.2, 0.25) is 0 Å². The summed E-state index contributed by atoms with van der Waals surface area (Å²) in [6, 6.07) is -0.368. The molecule has 0 spiro atoms. The lowest BCUT2D eigenvalue weighted by molar-refractivity contribution is 0.218. The second kappa shape index (κ2) is 9.46. The molecule has 0 saturated heterocycles. The van der Waals surface area contributed by atoms with Crippen molar-refractivity contribution in [3.8, 4) is 0 Å². The molecule has 0 radical (unpaired) electrons. The number of urea groups is 1. The van der Waals surface area contributed by atoms with Gasteiger partial charge in [-0.05, 0) is 19.3 Å². The number of carbonyl (C=O) groups is 1. The van der Waals surface area contributed by atoms with Gasteiger partial charge in [-0.3, -0.25) is 0 Å². The first kappa shape index (κ1) is 15.2. The van der Waals surface area contributed by atoms with Crippen molar-refractivity contribution in [1.29, 1.82) is 0 Å². The molecule has 0 saturated carbocycles. The second-order valence-corrected chi connectivity index (χ2v) is 4.35. The van der Waals surface area contributed by atoms with E-state index in [9.17, 15) is 4.79 Å². The Morgan fingerprint density at radius 3 is 2.56 bits per heavy atom. The van der Waals surface area contributed by atoms with E-state index in [0.717, 1.165) is 13.0 Å². The minimum absolute atomic E-state index is 0.0273. The van der Waals surface area contributed by atoms with E-state index in [0.29, 0.717) is 5.92 Å². The normalized spacial score (nSPS) is 14.2. The summed E-state index contributed by atoms with van der Waals surface area (Å²) < 4.78 is 0. The summed E-state index contributed by atoms with van der Waals surface area (Å²) in [6.07, 6.45) is 4.68. The largest absolute Gasteiger partial charge is 0.394 e. The second-order valence-electron chi connectivity index (χ2n) is 4.35. The molecule has 96 valence electrons. The Labute approximate surface area is 98.8 Å². The van der Waals surface area contributed by atoms with Gasteiger partial charge in [-0.25, -0.2) is 4.79 Å². The Hall–Kier alpha value is -0.770. The Kier molecular flexibility index (Phi) is 9.00. The molecule has 4 nitrogen and oxygen atoms in total. The third-order valence-electron chi connectivity index (χ3n) is 2.75. The number of nitrogens with one attached hydrogen (secondary N) is 2. The average Bonchev–Trinajstić information content (AvgIpc) is 2.29. The maximum absolute atomic E-state index is 11.4. The molecule has 0 aromatic heterocycles. The molecule has 2 unspecified atom stereocenters. The lowest BCUT2D eigenvalue weighted by atomic mass is 9.99. The number of amides is 2. The fraction of sp³-hybridized carbons (Fsp3) is 0.917. The lowest BCUT2D eigenvalue weighted by Crippen LogP contribution is -2.43. The zero-order valence-electron chi connectivity index (χ0n) is 10.8. The number of carbonyl (C=O) groups excluding carboxylic acids is 1. The van der Waals surface area contributed by atoms with Crippen molar-refractivity contribution in [3.05, 3.63) is 0 Å². The Morgan fingerprint density at radius 2 is 2.06 bits per heavy atom. The molecule has 0 aliphatic carbocycles. The molecular weight excluding hydrogens is 204 g/mol. The van der Waals surface area contributed by atoms with Crippen LogP contribution in [0.5, 0.6) is 0 Å². The monoisotopic (exact) mass is 230 g/mol. The molecule has 2 amide bonds. The lowest BCUT2D eigenvalue weighted by Gasteiger charge is -2.17. The van der Waals surface area contributed by atoms with Gasteiger partial charge >= 0.3 is 6.03 Å². The van der Waals surface area contributed by atoms with Crippen LogP contribution in [0.25, 0.3) is 0 Å². The Balaban J connectivity index is 3.70. The van der Waals surface area contributed by atoms with Crippen LogP contribution in [0.1, 0.15) is 46.5 Å². The molecule has 0 aromatic carbocycles. The highest BCUT2D eigenvalue weighted by molar-refractivity contribution is 5.74. The molecule has 0 heterocycles. The van der Waals surface area contributed by atoms with E-state index in [1.807, 2.05) is 0 Å². The van der Waals surface area contributed by atoms with E-state index in [4.69, 9.17) is 5.11 Å². The number of aliphatic hydroxyl groups is 1. The summed E-state index contributed by atoms with van der Waals surface area (Å²) in [5.41, 5.74) is 0. The predicted octanol–water partition coefficient (Wildman–Crippen LogP) is 1.88. The average molecular weight is 230 g/mol. The van der Waals surface area contributed by atoms with Gasteiger partial charge in [0.15, 0.2) is 0 Å². The molecule has 0 aromatic rings. The molecular formula is C12H26N2O2. The third-order valence-corrected chi connectivity index (χ3v) is 2.75. The number of unbranched alkanes of at least 4 members (excludes halogenated alkanes) is 1. The zero-order valence-corrected chi connectivity index (χ0v) is 10.8. The minimum atomic E-state index is -0.185. The Bertz CT molecular complexity index is 186. The van der Waals surface area contributed by atoms with E-state index in [1.54, 1.807) is 6.92 Å². The van der Waals surface area contributed by atoms with E-state index < -0.39 is 0 Å². The van der Waals surface area contributed by atoms with E-state index in [1.165, 1.54) is 19.3 Å². The van der Waals surface area contributed by atoms with Crippen LogP contribution in [0.3, 0.4) is 0 Å². The van der Waals surface area contributed by atoms with Gasteiger partial charge in [-0.2, -0.15) is 0 Å². The van der Waals surface area contributed by atoms with Crippen molar-refractivity contribution in [3.63, 3.8) is 0 Å². The van der Waals surface area contributed by atoms with Crippen LogP contribution >= 0.6 is 0 Å². The summed E-state index contributed by atoms with van der Waals surface area (Å²) in [4.78, 5) is 11.4. The fourth-order valence-corrected chi connectivity index (χ4v) is 1.50. The highest BCUT2D eigenvalue weighted by Crippen LogP contribution is 2.10. The maximum Gasteiger partial charge on any atom is 0.315 e. The minimum Gasteiger partial charge on any atom is -0.394 e. The molecule has 0 bridgehead atoms. The van der Waals surface area contributed by atoms with Crippen LogP contribution in [0.15, 0.2) is 0 Å². The van der Waals surface area contributed by atoms with E-state index in [-0.39, 0.29) is 18.7 Å². The summed E-state index contributed by atoms with van der Waals surface area (Å²) in [5, 5.41) is 14.3. The highest BCUT2D eigenvalue weighted by atomic mass is 16.3. The van der Waals surface area contributed by atoms with Crippen LogP contribution < -0.4 is 10.6 Å². The predicted molar refractivity (Wildman–Crippen MR) is 66.4 cm³/mol. The van der Waals surface area contributed by atoms with Gasteiger partial charge < -0.3 is 15.7 Å². The number of aliphatic hydroxyl groups excluding tert-OH is 1. The van der Waals surface area contributed by atoms with Crippen molar-refractivity contribution in [2.24, 2.45) is 5.92 Å². The first-order valence-corrected chi connectivity index (χ1v) is 6.29. The van der Waals surface area contributed by atoms with Crippen molar-refractivity contribution < 1.29 is 9.90 Å². The fourth-order valence-electron chi connectivity index (χ4n) is 1.50. The van der Waals surface area contributed by atoms with Crippen LogP contribution in [-0.2, 0) is 0 Å². The SMILES string of the molecule is CCCCC(CC)CNC(=O)NC(C)CO. The zero-order chi connectivity index (χ0) is 12.4. The van der Waals surface area contributed by atoms with Gasteiger partial charge in [-0.15, -0.1) is 0 Å². The number of hydrogen-bond donors (Lipinski definition) is 3. The summed E-state index contributed by atoms with van der Waals surface area (Å²) in [5.74, 6) is 0.565. The molecule has 0 aliphatic heterocycles. The third kappa shape index (κ3) is 7.51. The quantitative estimate of drug-likeness (QED) is 0.596. The molecule has 2 atom stereocenters.